The van der Waals surface area contributed by atoms with Crippen LogP contribution >= 0.6 is 0 Å². The Balaban J connectivity index is 1.57. The van der Waals surface area contributed by atoms with E-state index >= 15 is 0 Å². The zero-order valence-electron chi connectivity index (χ0n) is 12.3. The smallest absolute Gasteiger partial charge is 0.137 e. The van der Waals surface area contributed by atoms with E-state index < -0.39 is 0 Å². The lowest BCUT2D eigenvalue weighted by atomic mass is 9.80. The molecule has 2 heteroatoms. The Bertz CT molecular complexity index is 440. The Hall–Kier alpha value is -1.15. The average Bonchev–Trinajstić information content (AvgIpc) is 2.48. The van der Waals surface area contributed by atoms with Crippen molar-refractivity contribution in [1.82, 2.24) is 4.90 Å². The van der Waals surface area contributed by atoms with E-state index in [0.29, 0.717) is 24.2 Å². The van der Waals surface area contributed by atoms with Crippen LogP contribution < -0.4 is 0 Å². The molecule has 2 nitrogen and oxygen atoms in total. The number of hydrogen-bond acceptors (Lipinski definition) is 2. The van der Waals surface area contributed by atoms with Gasteiger partial charge in [0.2, 0.25) is 0 Å². The summed E-state index contributed by atoms with van der Waals surface area (Å²) in [6.07, 6.45) is 7.94. The van der Waals surface area contributed by atoms with Gasteiger partial charge in [-0.25, -0.2) is 0 Å². The van der Waals surface area contributed by atoms with Crippen molar-refractivity contribution in [2.75, 3.05) is 13.1 Å². The fourth-order valence-corrected chi connectivity index (χ4v) is 4.00. The highest BCUT2D eigenvalue weighted by Gasteiger charge is 2.33. The van der Waals surface area contributed by atoms with E-state index in [1.807, 2.05) is 18.2 Å². The molecule has 2 fully saturated rings. The van der Waals surface area contributed by atoms with Crippen molar-refractivity contribution in [3.63, 3.8) is 0 Å². The van der Waals surface area contributed by atoms with Crippen molar-refractivity contribution in [1.29, 1.82) is 0 Å². The predicted octanol–water partition coefficient (Wildman–Crippen LogP) is 3.45. The fourth-order valence-electron chi connectivity index (χ4n) is 4.00. The zero-order valence-corrected chi connectivity index (χ0v) is 12.3. The average molecular weight is 271 g/mol. The van der Waals surface area contributed by atoms with Gasteiger partial charge in [-0.3, -0.25) is 4.79 Å². The molecule has 3 rings (SSSR count). The van der Waals surface area contributed by atoms with Crippen LogP contribution in [0.25, 0.3) is 0 Å². The van der Waals surface area contributed by atoms with Crippen LogP contribution in [0.15, 0.2) is 30.3 Å². The molecule has 0 bridgehead atoms. The maximum atomic E-state index is 12.3. The SMILES string of the molecule is O=C(Cc1ccccc1)C[C@@H]1CCCN2CCCC[C@H]12. The van der Waals surface area contributed by atoms with Crippen molar-refractivity contribution in [2.24, 2.45) is 5.92 Å². The first-order valence-corrected chi connectivity index (χ1v) is 8.12. The van der Waals surface area contributed by atoms with Crippen molar-refractivity contribution in [3.8, 4) is 0 Å². The molecule has 108 valence electrons. The molecule has 2 saturated heterocycles. The van der Waals surface area contributed by atoms with Crippen molar-refractivity contribution in [3.05, 3.63) is 35.9 Å². The molecule has 0 aliphatic carbocycles. The van der Waals surface area contributed by atoms with Crippen LogP contribution in [-0.4, -0.2) is 29.8 Å². The normalized spacial score (nSPS) is 27.0. The Kier molecular flexibility index (Phi) is 4.51. The monoisotopic (exact) mass is 271 g/mol. The first-order valence-electron chi connectivity index (χ1n) is 8.12. The van der Waals surface area contributed by atoms with E-state index in [9.17, 15) is 4.79 Å². The third-order valence-corrected chi connectivity index (χ3v) is 4.96. The van der Waals surface area contributed by atoms with Gasteiger partial charge in [0.25, 0.3) is 0 Å². The highest BCUT2D eigenvalue weighted by molar-refractivity contribution is 5.81. The molecule has 0 radical (unpaired) electrons. The summed E-state index contributed by atoms with van der Waals surface area (Å²) in [7, 11) is 0. The third kappa shape index (κ3) is 3.29. The number of benzene rings is 1. The second-order valence-electron chi connectivity index (χ2n) is 6.41. The van der Waals surface area contributed by atoms with E-state index in [0.717, 1.165) is 12.0 Å². The molecule has 2 aliphatic rings. The summed E-state index contributed by atoms with van der Waals surface area (Å²) in [5, 5.41) is 0. The first kappa shape index (κ1) is 13.8. The van der Waals surface area contributed by atoms with Gasteiger partial charge in [0, 0.05) is 18.9 Å². The summed E-state index contributed by atoms with van der Waals surface area (Å²) in [4.78, 5) is 15.0. The number of ketones is 1. The molecule has 0 unspecified atom stereocenters. The highest BCUT2D eigenvalue weighted by atomic mass is 16.1. The zero-order chi connectivity index (χ0) is 13.8. The number of fused-ring (bicyclic) bond motifs is 1. The largest absolute Gasteiger partial charge is 0.300 e. The second kappa shape index (κ2) is 6.53. The lowest BCUT2D eigenvalue weighted by Crippen LogP contribution is -2.48. The summed E-state index contributed by atoms with van der Waals surface area (Å²) >= 11 is 0. The summed E-state index contributed by atoms with van der Waals surface area (Å²) in [6, 6.07) is 10.9. The van der Waals surface area contributed by atoms with Gasteiger partial charge in [-0.15, -0.1) is 0 Å². The lowest BCUT2D eigenvalue weighted by Gasteiger charge is -2.44. The minimum absolute atomic E-state index is 0.425. The van der Waals surface area contributed by atoms with Gasteiger partial charge in [-0.05, 0) is 50.3 Å². The van der Waals surface area contributed by atoms with Crippen LogP contribution in [0.1, 0.15) is 44.1 Å². The van der Waals surface area contributed by atoms with Gasteiger partial charge >= 0.3 is 0 Å². The third-order valence-electron chi connectivity index (χ3n) is 4.96. The maximum absolute atomic E-state index is 12.3. The van der Waals surface area contributed by atoms with Gasteiger partial charge in [0.05, 0.1) is 0 Å². The number of Topliss-reactive ketones (excluding diaryl/α,β-unsaturated/α-hetero) is 1. The van der Waals surface area contributed by atoms with Crippen LogP contribution in [0.2, 0.25) is 0 Å². The quantitative estimate of drug-likeness (QED) is 0.836. The van der Waals surface area contributed by atoms with E-state index in [1.54, 1.807) is 0 Å². The molecule has 1 aromatic carbocycles. The maximum Gasteiger partial charge on any atom is 0.137 e. The molecule has 0 aromatic heterocycles. The molecular formula is C18H25NO. The minimum atomic E-state index is 0.425. The summed E-state index contributed by atoms with van der Waals surface area (Å²) in [6.45, 7) is 2.52. The van der Waals surface area contributed by atoms with Gasteiger partial charge in [-0.2, -0.15) is 0 Å². The van der Waals surface area contributed by atoms with E-state index in [-0.39, 0.29) is 0 Å². The molecule has 20 heavy (non-hydrogen) atoms. The van der Waals surface area contributed by atoms with Crippen LogP contribution in [0.3, 0.4) is 0 Å². The Morgan fingerprint density at radius 3 is 2.70 bits per heavy atom. The van der Waals surface area contributed by atoms with E-state index in [2.05, 4.69) is 17.0 Å². The topological polar surface area (TPSA) is 20.3 Å². The van der Waals surface area contributed by atoms with Crippen molar-refractivity contribution >= 4 is 5.78 Å². The summed E-state index contributed by atoms with van der Waals surface area (Å²) in [5.74, 6) is 1.04. The number of carbonyl (C=O) groups is 1. The van der Waals surface area contributed by atoms with Gasteiger partial charge in [0.1, 0.15) is 5.78 Å². The summed E-state index contributed by atoms with van der Waals surface area (Å²) < 4.78 is 0. The van der Waals surface area contributed by atoms with Crippen LogP contribution in [0.4, 0.5) is 0 Å². The van der Waals surface area contributed by atoms with Crippen molar-refractivity contribution < 1.29 is 4.79 Å². The predicted molar refractivity (Wildman–Crippen MR) is 81.7 cm³/mol. The number of rotatable bonds is 4. The van der Waals surface area contributed by atoms with Crippen molar-refractivity contribution in [2.45, 2.75) is 51.0 Å². The first-order chi connectivity index (χ1) is 9.83. The highest BCUT2D eigenvalue weighted by Crippen LogP contribution is 2.33. The van der Waals surface area contributed by atoms with E-state index in [4.69, 9.17) is 0 Å². The number of nitrogens with zero attached hydrogens (tertiary/aromatic N) is 1. The molecule has 0 amide bonds. The lowest BCUT2D eigenvalue weighted by molar-refractivity contribution is -0.120. The molecule has 2 atom stereocenters. The standard InChI is InChI=1S/C18H25NO/c20-17(13-15-7-2-1-3-8-15)14-16-9-6-12-19-11-5-4-10-18(16)19/h1-3,7-8,16,18H,4-6,9-14H2/t16-,18+/m0/s1. The second-order valence-corrected chi connectivity index (χ2v) is 6.41. The molecule has 0 saturated carbocycles. The fraction of sp³-hybridized carbons (Fsp3) is 0.611. The molecule has 0 N–H and O–H groups in total. The van der Waals surface area contributed by atoms with Crippen LogP contribution in [0, 0.1) is 5.92 Å². The van der Waals surface area contributed by atoms with Gasteiger partial charge in [0.15, 0.2) is 0 Å². The number of piperidine rings is 2. The molecular weight excluding hydrogens is 246 g/mol. The van der Waals surface area contributed by atoms with E-state index in [1.165, 1.54) is 45.2 Å². The Morgan fingerprint density at radius 1 is 1.05 bits per heavy atom. The minimum Gasteiger partial charge on any atom is -0.300 e. The van der Waals surface area contributed by atoms with Gasteiger partial charge in [-0.1, -0.05) is 36.8 Å². The van der Waals surface area contributed by atoms with Crippen LogP contribution in [0.5, 0.6) is 0 Å². The molecule has 1 aromatic rings. The van der Waals surface area contributed by atoms with Crippen LogP contribution in [-0.2, 0) is 11.2 Å². The summed E-state index contributed by atoms with van der Waals surface area (Å²) in [5.41, 5.74) is 1.16. The molecule has 0 spiro atoms. The number of carbonyl (C=O) groups excluding carboxylic acids is 1. The van der Waals surface area contributed by atoms with Gasteiger partial charge < -0.3 is 4.90 Å². The Labute approximate surface area is 122 Å². The Morgan fingerprint density at radius 2 is 1.85 bits per heavy atom. The number of hydrogen-bond donors (Lipinski definition) is 0. The molecule has 2 heterocycles. The molecule has 2 aliphatic heterocycles.